The number of anilines is 1. The van der Waals surface area contributed by atoms with Crippen LogP contribution in [0.25, 0.3) is 0 Å². The minimum absolute atomic E-state index is 0.00213. The number of nitrogens with one attached hydrogen (secondary N) is 2. The van der Waals surface area contributed by atoms with Gasteiger partial charge in [0.15, 0.2) is 5.69 Å². The highest BCUT2D eigenvalue weighted by Gasteiger charge is 2.24. The van der Waals surface area contributed by atoms with Crippen LogP contribution in [0.15, 0.2) is 41.1 Å². The van der Waals surface area contributed by atoms with Crippen LogP contribution in [-0.2, 0) is 6.54 Å². The van der Waals surface area contributed by atoms with Gasteiger partial charge < -0.3 is 15.4 Å². The predicted octanol–water partition coefficient (Wildman–Crippen LogP) is 2.89. The molecule has 0 fully saturated rings. The maximum absolute atomic E-state index is 12.2. The molecule has 1 amide bonds. The van der Waals surface area contributed by atoms with Gasteiger partial charge in [0.2, 0.25) is 0 Å². The summed E-state index contributed by atoms with van der Waals surface area (Å²) in [6.07, 6.45) is 3.18. The van der Waals surface area contributed by atoms with Gasteiger partial charge in [-0.1, -0.05) is 29.4 Å². The number of aryl methyl sites for hydroxylation is 1. The molecule has 0 spiro atoms. The number of aromatic amines is 1. The molecule has 0 unspecified atom stereocenters. The van der Waals surface area contributed by atoms with E-state index in [1.807, 2.05) is 31.2 Å². The number of H-pyrrole nitrogens is 1. The number of halogens is 1. The number of nitrogens with zero attached hydrogens (tertiary/aromatic N) is 4. The lowest BCUT2D eigenvalue weighted by molar-refractivity contribution is -0.390. The fraction of sp³-hybridized carbons (Fsp3) is 0.133. The summed E-state index contributed by atoms with van der Waals surface area (Å²) in [6, 6.07) is 7.95. The number of carbonyl (C=O) groups is 1. The van der Waals surface area contributed by atoms with E-state index in [2.05, 4.69) is 36.5 Å². The van der Waals surface area contributed by atoms with Gasteiger partial charge in [-0.05, 0) is 38.9 Å². The molecule has 0 atom stereocenters. The van der Waals surface area contributed by atoms with Crippen molar-refractivity contribution in [2.75, 3.05) is 5.32 Å². The Bertz CT molecular complexity index is 948. The zero-order chi connectivity index (χ0) is 18.0. The van der Waals surface area contributed by atoms with Gasteiger partial charge in [-0.3, -0.25) is 9.48 Å². The van der Waals surface area contributed by atoms with Crippen LogP contribution in [0.3, 0.4) is 0 Å². The van der Waals surface area contributed by atoms with Gasteiger partial charge in [-0.25, -0.2) is 0 Å². The topological polar surface area (TPSA) is 119 Å². The molecule has 0 aliphatic rings. The van der Waals surface area contributed by atoms with E-state index in [4.69, 9.17) is 0 Å². The van der Waals surface area contributed by atoms with E-state index in [0.29, 0.717) is 12.2 Å². The highest BCUT2D eigenvalue weighted by molar-refractivity contribution is 9.10. The van der Waals surface area contributed by atoms with Crippen molar-refractivity contribution in [2.45, 2.75) is 13.5 Å². The van der Waals surface area contributed by atoms with Crippen LogP contribution in [0, 0.1) is 17.0 Å². The second-order valence-electron chi connectivity index (χ2n) is 5.30. The molecule has 3 aromatic rings. The summed E-state index contributed by atoms with van der Waals surface area (Å²) in [4.78, 5) is 22.3. The molecule has 3 rings (SSSR count). The molecular weight excluding hydrogens is 392 g/mol. The molecule has 0 saturated carbocycles. The maximum atomic E-state index is 12.2. The Morgan fingerprint density at radius 3 is 2.88 bits per heavy atom. The normalized spacial score (nSPS) is 10.6. The lowest BCUT2D eigenvalue weighted by Crippen LogP contribution is -2.12. The van der Waals surface area contributed by atoms with Gasteiger partial charge in [-0.2, -0.15) is 5.10 Å². The molecule has 2 N–H and O–H groups in total. The van der Waals surface area contributed by atoms with Crippen LogP contribution in [0.4, 0.5) is 11.5 Å². The molecule has 0 saturated heterocycles. The number of hydrogen-bond donors (Lipinski definition) is 2. The molecule has 9 nitrogen and oxygen atoms in total. The number of benzene rings is 1. The number of aromatic nitrogens is 4. The van der Waals surface area contributed by atoms with Gasteiger partial charge >= 0.3 is 5.82 Å². The minimum atomic E-state index is -0.659. The van der Waals surface area contributed by atoms with Gasteiger partial charge in [-0.15, -0.1) is 5.10 Å². The Balaban J connectivity index is 1.72. The zero-order valence-corrected chi connectivity index (χ0v) is 14.6. The van der Waals surface area contributed by atoms with Gasteiger partial charge in [0.1, 0.15) is 4.47 Å². The van der Waals surface area contributed by atoms with Crippen LogP contribution in [0.2, 0.25) is 0 Å². The van der Waals surface area contributed by atoms with E-state index < -0.39 is 10.8 Å². The number of hydrogen-bond acceptors (Lipinski definition) is 5. The Hall–Kier alpha value is -3.01. The Kier molecular flexibility index (Phi) is 4.61. The summed E-state index contributed by atoms with van der Waals surface area (Å²) in [5.41, 5.74) is 2.64. The lowest BCUT2D eigenvalue weighted by Gasteiger charge is -2.05. The lowest BCUT2D eigenvalue weighted by atomic mass is 10.1. The molecule has 0 aliphatic carbocycles. The summed E-state index contributed by atoms with van der Waals surface area (Å²) in [7, 11) is 0. The van der Waals surface area contributed by atoms with E-state index in [9.17, 15) is 14.9 Å². The van der Waals surface area contributed by atoms with Crippen molar-refractivity contribution in [3.8, 4) is 0 Å². The summed E-state index contributed by atoms with van der Waals surface area (Å²) in [6.45, 7) is 2.59. The van der Waals surface area contributed by atoms with Crippen molar-refractivity contribution < 1.29 is 9.72 Å². The van der Waals surface area contributed by atoms with Gasteiger partial charge in [0.25, 0.3) is 5.91 Å². The van der Waals surface area contributed by atoms with Crippen molar-refractivity contribution >= 4 is 33.3 Å². The summed E-state index contributed by atoms with van der Waals surface area (Å²) < 4.78 is 1.70. The highest BCUT2D eigenvalue weighted by Crippen LogP contribution is 2.26. The Morgan fingerprint density at radius 1 is 1.44 bits per heavy atom. The second kappa shape index (κ2) is 6.85. The molecule has 1 aromatic carbocycles. The van der Waals surface area contributed by atoms with Crippen LogP contribution in [0.5, 0.6) is 0 Å². The van der Waals surface area contributed by atoms with E-state index in [0.717, 1.165) is 11.1 Å². The number of carbonyl (C=O) groups excluding carboxylic acids is 1. The average Bonchev–Trinajstić information content (AvgIpc) is 3.16. The molecule has 10 heteroatoms. The van der Waals surface area contributed by atoms with Crippen LogP contribution < -0.4 is 5.32 Å². The van der Waals surface area contributed by atoms with Crippen molar-refractivity contribution in [3.63, 3.8) is 0 Å². The third-order valence-electron chi connectivity index (χ3n) is 3.57. The first-order valence-corrected chi connectivity index (χ1v) is 8.01. The molecule has 0 radical (unpaired) electrons. The fourth-order valence-corrected chi connectivity index (χ4v) is 2.76. The molecule has 0 aliphatic heterocycles. The first-order chi connectivity index (χ1) is 12.0. The van der Waals surface area contributed by atoms with Crippen molar-refractivity contribution in [1.82, 2.24) is 20.0 Å². The van der Waals surface area contributed by atoms with Crippen molar-refractivity contribution in [3.05, 3.63) is 68.1 Å². The number of rotatable bonds is 5. The summed E-state index contributed by atoms with van der Waals surface area (Å²) in [5, 5.41) is 23.5. The maximum Gasteiger partial charge on any atom is 0.357 e. The van der Waals surface area contributed by atoms with Gasteiger partial charge in [0, 0.05) is 6.20 Å². The molecule has 2 heterocycles. The van der Waals surface area contributed by atoms with Crippen molar-refractivity contribution in [2.24, 2.45) is 0 Å². The molecule has 0 bridgehead atoms. The standard InChI is InChI=1S/C15H13BrN6O3/c1-9-4-2-3-5-10(9)7-21-8-11(6-17-21)18-15(23)13-12(16)14(20-19-13)22(24)25/h2-6,8H,7H2,1H3,(H,18,23)(H,19,20). The monoisotopic (exact) mass is 404 g/mol. The zero-order valence-electron chi connectivity index (χ0n) is 13.1. The molecule has 128 valence electrons. The van der Waals surface area contributed by atoms with Crippen LogP contribution in [0.1, 0.15) is 21.6 Å². The summed E-state index contributed by atoms with van der Waals surface area (Å²) in [5.74, 6) is -0.952. The number of amides is 1. The average molecular weight is 405 g/mol. The Labute approximate surface area is 150 Å². The summed E-state index contributed by atoms with van der Waals surface area (Å²) >= 11 is 3.01. The molecular formula is C15H13BrN6O3. The smallest absolute Gasteiger partial charge is 0.357 e. The molecule has 25 heavy (non-hydrogen) atoms. The van der Waals surface area contributed by atoms with E-state index in [1.165, 1.54) is 6.20 Å². The third kappa shape index (κ3) is 3.58. The minimum Gasteiger partial charge on any atom is -0.358 e. The SMILES string of the molecule is Cc1ccccc1Cn1cc(NC(=O)c2n[nH]c([N+](=O)[O-])c2Br)cn1. The largest absolute Gasteiger partial charge is 0.358 e. The van der Waals surface area contributed by atoms with E-state index in [-0.39, 0.29) is 16.0 Å². The fourth-order valence-electron chi connectivity index (χ4n) is 2.26. The first-order valence-electron chi connectivity index (χ1n) is 7.22. The van der Waals surface area contributed by atoms with Crippen LogP contribution >= 0.6 is 15.9 Å². The quantitative estimate of drug-likeness (QED) is 0.500. The first kappa shape index (κ1) is 16.8. The van der Waals surface area contributed by atoms with Crippen molar-refractivity contribution in [1.29, 1.82) is 0 Å². The van der Waals surface area contributed by atoms with E-state index in [1.54, 1.807) is 10.9 Å². The third-order valence-corrected chi connectivity index (χ3v) is 4.32. The van der Waals surface area contributed by atoms with Crippen LogP contribution in [-0.4, -0.2) is 30.8 Å². The van der Waals surface area contributed by atoms with Gasteiger partial charge in [0.05, 0.1) is 18.4 Å². The Morgan fingerprint density at radius 2 is 2.20 bits per heavy atom. The predicted molar refractivity (Wildman–Crippen MR) is 93.4 cm³/mol. The second-order valence-corrected chi connectivity index (χ2v) is 6.09. The molecule has 2 aromatic heterocycles. The number of nitro groups is 1. The highest BCUT2D eigenvalue weighted by atomic mass is 79.9. The van der Waals surface area contributed by atoms with E-state index >= 15 is 0 Å².